The van der Waals surface area contributed by atoms with Crippen molar-refractivity contribution in [2.45, 2.75) is 13.3 Å². The molecule has 0 unspecified atom stereocenters. The van der Waals surface area contributed by atoms with Gasteiger partial charge in [-0.25, -0.2) is 4.98 Å². The maximum Gasteiger partial charge on any atom is 0.307 e. The van der Waals surface area contributed by atoms with Gasteiger partial charge in [-0.15, -0.1) is 0 Å². The lowest BCUT2D eigenvalue weighted by molar-refractivity contribution is -0.143. The van der Waals surface area contributed by atoms with Crippen LogP contribution >= 0.6 is 0 Å². The molecule has 1 aromatic heterocycles. The van der Waals surface area contributed by atoms with Gasteiger partial charge in [-0.2, -0.15) is 0 Å². The summed E-state index contributed by atoms with van der Waals surface area (Å²) >= 11 is 0. The smallest absolute Gasteiger partial charge is 0.307 e. The first-order valence-corrected chi connectivity index (χ1v) is 5.50. The van der Waals surface area contributed by atoms with Crippen molar-refractivity contribution in [1.29, 1.82) is 0 Å². The highest BCUT2D eigenvalue weighted by Gasteiger charge is 2.14. The summed E-state index contributed by atoms with van der Waals surface area (Å²) < 4.78 is 4.75. The molecule has 18 heavy (non-hydrogen) atoms. The van der Waals surface area contributed by atoms with Gasteiger partial charge in [0, 0.05) is 19.8 Å². The number of nitrogens with zero attached hydrogens (tertiary/aromatic N) is 2. The van der Waals surface area contributed by atoms with Gasteiger partial charge in [-0.1, -0.05) is 0 Å². The second kappa shape index (κ2) is 6.53. The van der Waals surface area contributed by atoms with Gasteiger partial charge in [0.25, 0.3) is 11.5 Å². The Morgan fingerprint density at radius 1 is 1.50 bits per heavy atom. The molecule has 7 nitrogen and oxygen atoms in total. The van der Waals surface area contributed by atoms with Crippen LogP contribution in [0.5, 0.6) is 0 Å². The van der Waals surface area contributed by atoms with Crippen LogP contribution in [0.15, 0.2) is 17.2 Å². The van der Waals surface area contributed by atoms with Crippen LogP contribution in [0, 0.1) is 0 Å². The molecule has 0 saturated carbocycles. The number of carbonyl (C=O) groups excluding carboxylic acids is 2. The van der Waals surface area contributed by atoms with Gasteiger partial charge >= 0.3 is 5.97 Å². The molecule has 0 radical (unpaired) electrons. The highest BCUT2D eigenvalue weighted by molar-refractivity contribution is 5.91. The molecule has 0 aliphatic rings. The minimum absolute atomic E-state index is 0.124. The van der Waals surface area contributed by atoms with Crippen LogP contribution in [0.2, 0.25) is 0 Å². The fourth-order valence-electron chi connectivity index (χ4n) is 1.25. The van der Waals surface area contributed by atoms with E-state index in [1.807, 2.05) is 0 Å². The number of esters is 1. The van der Waals surface area contributed by atoms with Crippen molar-refractivity contribution in [3.8, 4) is 0 Å². The molecule has 0 aliphatic heterocycles. The fraction of sp³-hybridized carbons (Fsp3) is 0.455. The Bertz CT molecular complexity index is 463. The first kappa shape index (κ1) is 13.9. The Labute approximate surface area is 104 Å². The van der Waals surface area contributed by atoms with Crippen LogP contribution in [0.4, 0.5) is 0 Å². The lowest BCUT2D eigenvalue weighted by Crippen LogP contribution is -2.30. The van der Waals surface area contributed by atoms with E-state index in [1.165, 1.54) is 11.1 Å². The Morgan fingerprint density at radius 2 is 2.22 bits per heavy atom. The third-order valence-corrected chi connectivity index (χ3v) is 2.19. The summed E-state index contributed by atoms with van der Waals surface area (Å²) in [6.45, 7) is 2.27. The monoisotopic (exact) mass is 253 g/mol. The molecule has 1 N–H and O–H groups in total. The zero-order valence-electron chi connectivity index (χ0n) is 10.3. The van der Waals surface area contributed by atoms with E-state index in [2.05, 4.69) is 9.97 Å². The predicted octanol–water partition coefficient (Wildman–Crippen LogP) is -0.205. The van der Waals surface area contributed by atoms with E-state index < -0.39 is 0 Å². The summed E-state index contributed by atoms with van der Waals surface area (Å²) in [6, 6.07) is 0. The van der Waals surface area contributed by atoms with E-state index in [0.717, 1.165) is 6.20 Å². The van der Waals surface area contributed by atoms with E-state index in [4.69, 9.17) is 4.74 Å². The first-order chi connectivity index (χ1) is 8.54. The van der Waals surface area contributed by atoms with Crippen molar-refractivity contribution < 1.29 is 14.3 Å². The summed E-state index contributed by atoms with van der Waals surface area (Å²) in [5.41, 5.74) is -0.248. The molecule has 0 saturated heterocycles. The lowest BCUT2D eigenvalue weighted by Gasteiger charge is -2.15. The number of ether oxygens (including phenoxy) is 1. The number of rotatable bonds is 5. The van der Waals surface area contributed by atoms with Gasteiger partial charge in [-0.05, 0) is 6.92 Å². The molecule has 0 fully saturated rings. The average Bonchev–Trinajstić information content (AvgIpc) is 2.36. The van der Waals surface area contributed by atoms with Crippen LogP contribution in [-0.4, -0.2) is 46.9 Å². The van der Waals surface area contributed by atoms with Gasteiger partial charge in [0.05, 0.1) is 19.2 Å². The van der Waals surface area contributed by atoms with Crippen molar-refractivity contribution >= 4 is 11.9 Å². The van der Waals surface area contributed by atoms with Gasteiger partial charge in [0.2, 0.25) is 0 Å². The number of aromatic amines is 1. The van der Waals surface area contributed by atoms with Crippen LogP contribution in [-0.2, 0) is 9.53 Å². The number of nitrogens with one attached hydrogen (secondary N) is 1. The average molecular weight is 253 g/mol. The normalized spacial score (nSPS) is 9.89. The molecule has 0 aromatic carbocycles. The van der Waals surface area contributed by atoms with Crippen molar-refractivity contribution in [1.82, 2.24) is 14.9 Å². The number of amides is 1. The minimum atomic E-state index is -0.374. The van der Waals surface area contributed by atoms with Crippen LogP contribution in [0.3, 0.4) is 0 Å². The molecular weight excluding hydrogens is 238 g/mol. The molecule has 0 spiro atoms. The summed E-state index contributed by atoms with van der Waals surface area (Å²) in [7, 11) is 1.55. The molecule has 7 heteroatoms. The van der Waals surface area contributed by atoms with Crippen LogP contribution in [0.25, 0.3) is 0 Å². The van der Waals surface area contributed by atoms with Gasteiger partial charge in [0.15, 0.2) is 0 Å². The molecule has 1 heterocycles. The van der Waals surface area contributed by atoms with Crippen molar-refractivity contribution in [2.24, 2.45) is 0 Å². The largest absolute Gasteiger partial charge is 0.466 e. The maximum absolute atomic E-state index is 11.8. The SMILES string of the molecule is CCOC(=O)CCN(C)C(=O)c1c[nH]c(=O)cn1. The van der Waals surface area contributed by atoms with E-state index in [-0.39, 0.29) is 36.1 Å². The highest BCUT2D eigenvalue weighted by Crippen LogP contribution is 1.98. The van der Waals surface area contributed by atoms with Crippen molar-refractivity contribution in [3.05, 3.63) is 28.4 Å². The lowest BCUT2D eigenvalue weighted by atomic mass is 10.3. The molecule has 0 bridgehead atoms. The Balaban J connectivity index is 2.53. The topological polar surface area (TPSA) is 92.4 Å². The first-order valence-electron chi connectivity index (χ1n) is 5.50. The number of carbonyl (C=O) groups is 2. The summed E-state index contributed by atoms with van der Waals surface area (Å²) in [4.78, 5) is 41.2. The third kappa shape index (κ3) is 4.00. The van der Waals surface area contributed by atoms with Gasteiger partial charge in [0.1, 0.15) is 5.69 Å². The van der Waals surface area contributed by atoms with Crippen LogP contribution < -0.4 is 5.56 Å². The van der Waals surface area contributed by atoms with Crippen LogP contribution in [0.1, 0.15) is 23.8 Å². The fourth-order valence-corrected chi connectivity index (χ4v) is 1.25. The van der Waals surface area contributed by atoms with E-state index in [9.17, 15) is 14.4 Å². The van der Waals surface area contributed by atoms with Crippen molar-refractivity contribution in [2.75, 3.05) is 20.2 Å². The molecule has 1 amide bonds. The second-order valence-electron chi connectivity index (χ2n) is 3.58. The zero-order valence-corrected chi connectivity index (χ0v) is 10.3. The van der Waals surface area contributed by atoms with Gasteiger partial charge in [-0.3, -0.25) is 14.4 Å². The maximum atomic E-state index is 11.8. The molecule has 1 rings (SSSR count). The highest BCUT2D eigenvalue weighted by atomic mass is 16.5. The van der Waals surface area contributed by atoms with E-state index in [0.29, 0.717) is 6.61 Å². The van der Waals surface area contributed by atoms with Gasteiger partial charge < -0.3 is 14.6 Å². The second-order valence-corrected chi connectivity index (χ2v) is 3.58. The Hall–Kier alpha value is -2.18. The van der Waals surface area contributed by atoms with E-state index in [1.54, 1.807) is 14.0 Å². The van der Waals surface area contributed by atoms with Crippen molar-refractivity contribution in [3.63, 3.8) is 0 Å². The molecule has 0 aliphatic carbocycles. The summed E-state index contributed by atoms with van der Waals surface area (Å²) in [5, 5.41) is 0. The molecule has 98 valence electrons. The molecule has 0 atom stereocenters. The predicted molar refractivity (Wildman–Crippen MR) is 63.1 cm³/mol. The quantitative estimate of drug-likeness (QED) is 0.733. The molecule has 1 aromatic rings. The zero-order chi connectivity index (χ0) is 13.5. The Kier molecular flexibility index (Phi) is 5.04. The summed E-state index contributed by atoms with van der Waals surface area (Å²) in [6.07, 6.45) is 2.40. The minimum Gasteiger partial charge on any atom is -0.466 e. The number of aromatic nitrogens is 2. The Morgan fingerprint density at radius 3 is 2.78 bits per heavy atom. The van der Waals surface area contributed by atoms with E-state index >= 15 is 0 Å². The number of hydrogen-bond acceptors (Lipinski definition) is 5. The standard InChI is InChI=1S/C11H15N3O4/c1-3-18-10(16)4-5-14(2)11(17)8-6-13-9(15)7-12-8/h6-7H,3-5H2,1-2H3,(H,13,15). The number of hydrogen-bond donors (Lipinski definition) is 1. The third-order valence-electron chi connectivity index (χ3n) is 2.19. The molecular formula is C11H15N3O4. The number of H-pyrrole nitrogens is 1. The summed E-state index contributed by atoms with van der Waals surface area (Å²) in [5.74, 6) is -0.720.